The molecule has 2 unspecified atom stereocenters. The van der Waals surface area contributed by atoms with Crippen molar-refractivity contribution in [1.82, 2.24) is 0 Å². The molecule has 0 amide bonds. The van der Waals surface area contributed by atoms with Gasteiger partial charge in [0.25, 0.3) is 0 Å². The van der Waals surface area contributed by atoms with E-state index in [1.807, 2.05) is 0 Å². The Balaban J connectivity index is 0.00000171. The number of rotatable bonds is 8. The molecule has 44 heavy (non-hydrogen) atoms. The third kappa shape index (κ3) is 6.03. The third-order valence-electron chi connectivity index (χ3n) is 13.1. The van der Waals surface area contributed by atoms with Crippen molar-refractivity contribution < 1.29 is 46.1 Å². The van der Waals surface area contributed by atoms with Gasteiger partial charge in [0, 0.05) is 0 Å². The quantitative estimate of drug-likeness (QED) is 0.349. The van der Waals surface area contributed by atoms with Gasteiger partial charge in [0.15, 0.2) is 0 Å². The van der Waals surface area contributed by atoms with Crippen molar-refractivity contribution in [3.05, 3.63) is 82.9 Å². The summed E-state index contributed by atoms with van der Waals surface area (Å²) in [7, 11) is 0. The number of benzene rings is 2. The molecule has 0 saturated heterocycles. The van der Waals surface area contributed by atoms with E-state index in [1.54, 1.807) is 33.4 Å². The van der Waals surface area contributed by atoms with Gasteiger partial charge >= 0.3 is 265 Å². The van der Waals surface area contributed by atoms with Crippen molar-refractivity contribution in [2.24, 2.45) is 35.5 Å². The molecule has 6 aliphatic carbocycles. The smallest absolute Gasteiger partial charge is 1.00 e. The van der Waals surface area contributed by atoms with Crippen LogP contribution in [0.2, 0.25) is 0 Å². The molecule has 0 spiro atoms. The fourth-order valence-corrected chi connectivity index (χ4v) is 17.3. The molecule has 2 aromatic carbocycles. The first-order valence-corrected chi connectivity index (χ1v) is 22.7. The zero-order valence-electron chi connectivity index (χ0n) is 26.7. The second-order valence-corrected chi connectivity index (χ2v) is 21.1. The van der Waals surface area contributed by atoms with Crippen molar-refractivity contribution in [3.63, 3.8) is 0 Å². The summed E-state index contributed by atoms with van der Waals surface area (Å²) in [5, 5.41) is 0. The normalized spacial score (nSPS) is 25.5. The van der Waals surface area contributed by atoms with Crippen LogP contribution in [-0.2, 0) is 21.3 Å². The molecular weight excluding hydrogens is 655 g/mol. The van der Waals surface area contributed by atoms with E-state index < -0.39 is 21.3 Å². The average molecular weight is 707 g/mol. The van der Waals surface area contributed by atoms with Crippen LogP contribution in [0.5, 0.6) is 0 Å². The van der Waals surface area contributed by atoms with Crippen LogP contribution in [-0.4, -0.2) is 4.21 Å². The number of hydrogen-bond donors (Lipinski definition) is 0. The Morgan fingerprint density at radius 2 is 0.773 bits per heavy atom. The van der Waals surface area contributed by atoms with Crippen LogP contribution in [0.3, 0.4) is 0 Å². The maximum absolute atomic E-state index is 5.28. The Morgan fingerprint density at radius 3 is 1.09 bits per heavy atom. The molecule has 2 aromatic rings. The number of halogens is 2. The molecule has 0 heterocycles. The molecule has 0 bridgehead atoms. The number of hydrogen-bond acceptors (Lipinski definition) is 0. The van der Waals surface area contributed by atoms with Gasteiger partial charge in [-0.15, -0.1) is 0 Å². The first kappa shape index (κ1) is 33.2. The van der Waals surface area contributed by atoms with Crippen molar-refractivity contribution in [1.29, 1.82) is 0 Å². The Bertz CT molecular complexity index is 1230. The molecule has 4 saturated carbocycles. The van der Waals surface area contributed by atoms with E-state index in [0.717, 1.165) is 35.5 Å². The molecule has 0 aliphatic heterocycles. The fourth-order valence-electron chi connectivity index (χ4n) is 11.2. The van der Waals surface area contributed by atoms with Crippen molar-refractivity contribution in [2.75, 3.05) is 0 Å². The molecule has 0 aromatic heterocycles. The molecule has 234 valence electrons. The summed E-state index contributed by atoms with van der Waals surface area (Å²) >= 11 is -2.23. The first-order valence-electron chi connectivity index (χ1n) is 18.1. The molecule has 0 N–H and O–H groups in total. The molecule has 0 nitrogen and oxygen atoms in total. The van der Waals surface area contributed by atoms with Crippen molar-refractivity contribution >= 4 is 15.4 Å². The van der Waals surface area contributed by atoms with Crippen LogP contribution in [0.1, 0.15) is 132 Å². The first-order chi connectivity index (χ1) is 20.8. The minimum absolute atomic E-state index is 0. The molecule has 2 atom stereocenters. The summed E-state index contributed by atoms with van der Waals surface area (Å²) in [5.74, 6) is 5.27. The van der Waals surface area contributed by atoms with E-state index in [0.29, 0.717) is 7.25 Å². The van der Waals surface area contributed by atoms with Crippen molar-refractivity contribution in [3.8, 4) is 0 Å². The Hall–Kier alpha value is -0.747. The molecule has 4 fully saturated rings. The van der Waals surface area contributed by atoms with E-state index >= 15 is 0 Å². The number of fused-ring (bicyclic) bond motifs is 2. The van der Waals surface area contributed by atoms with E-state index in [1.165, 1.54) is 103 Å². The SMILES string of the molecule is [CH2]=[Zr+2]([CH]1C=C(C(C2CCCC2)C2CCCC2)c2ccccc21)[CH]1C=C(C(C2CCCC2)C2CCCC2)c2ccccc21.[Cl-].[Cl-]. The summed E-state index contributed by atoms with van der Waals surface area (Å²) in [5.41, 5.74) is 10.2. The van der Waals surface area contributed by atoms with Crippen LogP contribution in [0.25, 0.3) is 11.1 Å². The zero-order valence-corrected chi connectivity index (χ0v) is 30.6. The minimum Gasteiger partial charge on any atom is -1.00 e. The summed E-state index contributed by atoms with van der Waals surface area (Å²) < 4.78 is 6.52. The van der Waals surface area contributed by atoms with Crippen LogP contribution in [0.15, 0.2) is 60.7 Å². The second kappa shape index (κ2) is 14.6. The van der Waals surface area contributed by atoms with Gasteiger partial charge in [-0.1, -0.05) is 0 Å². The molecular formula is C41H52Cl2Zr. The van der Waals surface area contributed by atoms with E-state index in [9.17, 15) is 0 Å². The summed E-state index contributed by atoms with van der Waals surface area (Å²) in [4.78, 5) is 0. The van der Waals surface area contributed by atoms with Crippen LogP contribution >= 0.6 is 0 Å². The summed E-state index contributed by atoms with van der Waals surface area (Å²) in [6, 6.07) is 19.4. The third-order valence-corrected chi connectivity index (χ3v) is 19.3. The predicted octanol–water partition coefficient (Wildman–Crippen LogP) is 5.31. The Labute approximate surface area is 287 Å². The molecule has 0 radical (unpaired) electrons. The van der Waals surface area contributed by atoms with Gasteiger partial charge < -0.3 is 24.8 Å². The van der Waals surface area contributed by atoms with Gasteiger partial charge in [0.1, 0.15) is 0 Å². The zero-order chi connectivity index (χ0) is 28.0. The minimum atomic E-state index is -2.23. The molecule has 8 rings (SSSR count). The largest absolute Gasteiger partial charge is 1.00 e. The summed E-state index contributed by atoms with van der Waals surface area (Å²) in [6.45, 7) is 0. The van der Waals surface area contributed by atoms with Gasteiger partial charge in [-0.2, -0.15) is 0 Å². The van der Waals surface area contributed by atoms with Gasteiger partial charge in [0.2, 0.25) is 0 Å². The van der Waals surface area contributed by atoms with Crippen LogP contribution in [0, 0.1) is 35.5 Å². The van der Waals surface area contributed by atoms with Crippen LogP contribution in [0.4, 0.5) is 0 Å². The maximum atomic E-state index is 5.28. The summed E-state index contributed by atoms with van der Waals surface area (Å²) in [6.07, 6.45) is 29.1. The molecule has 6 aliphatic rings. The fraction of sp³-hybridized carbons (Fsp3) is 0.585. The van der Waals surface area contributed by atoms with Gasteiger partial charge in [-0.3, -0.25) is 0 Å². The van der Waals surface area contributed by atoms with Crippen LogP contribution < -0.4 is 24.8 Å². The standard InChI is InChI=1S/2C20H25.CH2.2ClH.Zr/c2*1-2-9-16(8-1)20(17-10-3-4-11-17)19-14-13-15-7-5-6-12-18(15)19;;;;/h2*5-7,12-14,16-17,20H,1-4,8-11H2;1H2;2*1H;/q;;;;;+2/p-2. The Morgan fingerprint density at radius 1 is 0.477 bits per heavy atom. The topological polar surface area (TPSA) is 0 Å². The van der Waals surface area contributed by atoms with E-state index in [-0.39, 0.29) is 24.8 Å². The molecule has 3 heteroatoms. The van der Waals surface area contributed by atoms with E-state index in [4.69, 9.17) is 4.21 Å². The second-order valence-electron chi connectivity index (χ2n) is 15.2. The van der Waals surface area contributed by atoms with Crippen molar-refractivity contribution in [2.45, 2.75) is 110 Å². The Kier molecular flexibility index (Phi) is 11.0. The monoisotopic (exact) mass is 704 g/mol. The predicted molar refractivity (Wildman–Crippen MR) is 176 cm³/mol. The average Bonchev–Trinajstić information content (AvgIpc) is 3.88. The van der Waals surface area contributed by atoms with Gasteiger partial charge in [-0.25, -0.2) is 0 Å². The van der Waals surface area contributed by atoms with E-state index in [2.05, 4.69) is 60.7 Å². The van der Waals surface area contributed by atoms with Gasteiger partial charge in [-0.05, 0) is 0 Å². The number of allylic oxidation sites excluding steroid dienone is 4. The maximum Gasteiger partial charge on any atom is -1.00 e. The van der Waals surface area contributed by atoms with Gasteiger partial charge in [0.05, 0.1) is 0 Å².